The van der Waals surface area contributed by atoms with Crippen LogP contribution in [0.15, 0.2) is 48.5 Å². The molecule has 3 aromatic rings. The fourth-order valence-electron chi connectivity index (χ4n) is 3.72. The van der Waals surface area contributed by atoms with Crippen LogP contribution in [0.1, 0.15) is 35.4 Å². The number of benzene rings is 2. The molecule has 138 valence electrons. The SMILES string of the molecule is Cc1ccc(Nc2nc(N)nc(CCC3CCc4ccccc4C3)n2)cc1. The summed E-state index contributed by atoms with van der Waals surface area (Å²) in [5, 5.41) is 3.22. The van der Waals surface area contributed by atoms with E-state index < -0.39 is 0 Å². The van der Waals surface area contributed by atoms with Crippen molar-refractivity contribution in [1.82, 2.24) is 15.0 Å². The fraction of sp³-hybridized carbons (Fsp3) is 0.318. The minimum absolute atomic E-state index is 0.267. The molecule has 0 bridgehead atoms. The largest absolute Gasteiger partial charge is 0.368 e. The van der Waals surface area contributed by atoms with Crippen molar-refractivity contribution in [2.24, 2.45) is 5.92 Å². The van der Waals surface area contributed by atoms with Crippen molar-refractivity contribution in [1.29, 1.82) is 0 Å². The van der Waals surface area contributed by atoms with Crippen molar-refractivity contribution < 1.29 is 0 Å². The highest BCUT2D eigenvalue weighted by atomic mass is 15.2. The van der Waals surface area contributed by atoms with Gasteiger partial charge in [0.25, 0.3) is 0 Å². The lowest BCUT2D eigenvalue weighted by Crippen LogP contribution is -2.16. The van der Waals surface area contributed by atoms with Crippen molar-refractivity contribution in [3.8, 4) is 0 Å². The van der Waals surface area contributed by atoms with Crippen LogP contribution in [0.3, 0.4) is 0 Å². The lowest BCUT2D eigenvalue weighted by molar-refractivity contribution is 0.423. The second kappa shape index (κ2) is 7.74. The summed E-state index contributed by atoms with van der Waals surface area (Å²) in [6.45, 7) is 2.06. The van der Waals surface area contributed by atoms with Gasteiger partial charge in [0, 0.05) is 12.1 Å². The standard InChI is InChI=1S/C22H25N5/c1-15-6-11-19(12-7-15)24-22-26-20(25-21(23)27-22)13-9-16-8-10-17-4-2-3-5-18(17)14-16/h2-7,11-12,16H,8-10,13-14H2,1H3,(H3,23,24,25,26,27). The quantitative estimate of drug-likeness (QED) is 0.712. The van der Waals surface area contributed by atoms with Crippen LogP contribution in [0.4, 0.5) is 17.6 Å². The first-order valence-electron chi connectivity index (χ1n) is 9.56. The Morgan fingerprint density at radius 2 is 1.78 bits per heavy atom. The third kappa shape index (κ3) is 4.42. The van der Waals surface area contributed by atoms with Gasteiger partial charge in [0.1, 0.15) is 5.82 Å². The second-order valence-corrected chi connectivity index (χ2v) is 7.34. The molecular weight excluding hydrogens is 334 g/mol. The Bertz CT molecular complexity index is 920. The van der Waals surface area contributed by atoms with Crippen LogP contribution >= 0.6 is 0 Å². The van der Waals surface area contributed by atoms with Crippen LogP contribution < -0.4 is 11.1 Å². The Labute approximate surface area is 160 Å². The van der Waals surface area contributed by atoms with Gasteiger partial charge in [-0.15, -0.1) is 0 Å². The summed E-state index contributed by atoms with van der Waals surface area (Å²) in [4.78, 5) is 13.1. The lowest BCUT2D eigenvalue weighted by Gasteiger charge is -2.24. The maximum Gasteiger partial charge on any atom is 0.232 e. The highest BCUT2D eigenvalue weighted by molar-refractivity contribution is 5.54. The second-order valence-electron chi connectivity index (χ2n) is 7.34. The number of fused-ring (bicyclic) bond motifs is 1. The van der Waals surface area contributed by atoms with Crippen LogP contribution in [-0.2, 0) is 19.3 Å². The van der Waals surface area contributed by atoms with Crippen LogP contribution in [0.25, 0.3) is 0 Å². The van der Waals surface area contributed by atoms with E-state index in [0.29, 0.717) is 11.9 Å². The summed E-state index contributed by atoms with van der Waals surface area (Å²) >= 11 is 0. The predicted octanol–water partition coefficient (Wildman–Crippen LogP) is 4.24. The van der Waals surface area contributed by atoms with Gasteiger partial charge in [-0.2, -0.15) is 15.0 Å². The zero-order valence-corrected chi connectivity index (χ0v) is 15.7. The molecule has 4 rings (SSSR count). The summed E-state index contributed by atoms with van der Waals surface area (Å²) < 4.78 is 0. The molecule has 1 heterocycles. The number of aryl methyl sites for hydroxylation is 3. The van der Waals surface area contributed by atoms with E-state index in [1.54, 1.807) is 0 Å². The lowest BCUT2D eigenvalue weighted by atomic mass is 9.82. The number of nitrogens with two attached hydrogens (primary N) is 1. The van der Waals surface area contributed by atoms with Crippen molar-refractivity contribution >= 4 is 17.6 Å². The normalized spacial score (nSPS) is 16.0. The van der Waals surface area contributed by atoms with E-state index in [-0.39, 0.29) is 5.95 Å². The van der Waals surface area contributed by atoms with Gasteiger partial charge in [-0.05, 0) is 61.8 Å². The molecule has 2 aromatic carbocycles. The van der Waals surface area contributed by atoms with E-state index in [4.69, 9.17) is 5.73 Å². The molecular formula is C22H25N5. The Kier molecular flexibility index (Phi) is 5.01. The van der Waals surface area contributed by atoms with E-state index >= 15 is 0 Å². The number of rotatable bonds is 5. The molecule has 0 saturated heterocycles. The summed E-state index contributed by atoms with van der Waals surface area (Å²) in [6, 6.07) is 16.9. The Balaban J connectivity index is 1.40. The van der Waals surface area contributed by atoms with Gasteiger partial charge in [0.05, 0.1) is 0 Å². The number of aromatic nitrogens is 3. The molecule has 0 spiro atoms. The van der Waals surface area contributed by atoms with Crippen molar-refractivity contribution in [2.75, 3.05) is 11.1 Å². The summed E-state index contributed by atoms with van der Waals surface area (Å²) in [5.74, 6) is 2.21. The minimum atomic E-state index is 0.267. The van der Waals surface area contributed by atoms with Crippen molar-refractivity contribution in [3.05, 3.63) is 71.0 Å². The van der Waals surface area contributed by atoms with Crippen LogP contribution in [0.5, 0.6) is 0 Å². The summed E-state index contributed by atoms with van der Waals surface area (Å²) in [5.41, 5.74) is 11.1. The molecule has 1 unspecified atom stereocenters. The number of anilines is 3. The average Bonchev–Trinajstić information content (AvgIpc) is 2.68. The number of hydrogen-bond donors (Lipinski definition) is 2. The van der Waals surface area contributed by atoms with Gasteiger partial charge in [-0.25, -0.2) is 0 Å². The van der Waals surface area contributed by atoms with Gasteiger partial charge in [0.15, 0.2) is 0 Å². The smallest absolute Gasteiger partial charge is 0.232 e. The molecule has 1 atom stereocenters. The molecule has 0 fully saturated rings. The highest BCUT2D eigenvalue weighted by Crippen LogP contribution is 2.28. The molecule has 5 heteroatoms. The predicted molar refractivity (Wildman–Crippen MR) is 109 cm³/mol. The highest BCUT2D eigenvalue weighted by Gasteiger charge is 2.18. The van der Waals surface area contributed by atoms with Gasteiger partial charge >= 0.3 is 0 Å². The van der Waals surface area contributed by atoms with Crippen molar-refractivity contribution in [2.45, 2.75) is 39.0 Å². The van der Waals surface area contributed by atoms with Gasteiger partial charge in [-0.3, -0.25) is 0 Å². The molecule has 0 aliphatic heterocycles. The first kappa shape index (κ1) is 17.5. The molecule has 1 aliphatic rings. The monoisotopic (exact) mass is 359 g/mol. The summed E-state index contributed by atoms with van der Waals surface area (Å²) in [6.07, 6.45) is 5.43. The number of hydrogen-bond acceptors (Lipinski definition) is 5. The Hall–Kier alpha value is -2.95. The maximum atomic E-state index is 5.91. The molecule has 3 N–H and O–H groups in total. The zero-order valence-electron chi connectivity index (χ0n) is 15.7. The van der Waals surface area contributed by atoms with Crippen LogP contribution in [-0.4, -0.2) is 15.0 Å². The minimum Gasteiger partial charge on any atom is -0.368 e. The third-order valence-electron chi connectivity index (χ3n) is 5.23. The zero-order chi connectivity index (χ0) is 18.6. The van der Waals surface area contributed by atoms with Crippen LogP contribution in [0, 0.1) is 12.8 Å². The molecule has 5 nitrogen and oxygen atoms in total. The first-order chi connectivity index (χ1) is 13.2. The molecule has 0 radical (unpaired) electrons. The van der Waals surface area contributed by atoms with E-state index in [2.05, 4.69) is 63.6 Å². The van der Waals surface area contributed by atoms with Gasteiger partial charge in [-0.1, -0.05) is 42.0 Å². The third-order valence-corrected chi connectivity index (χ3v) is 5.23. The fourth-order valence-corrected chi connectivity index (χ4v) is 3.72. The van der Waals surface area contributed by atoms with E-state index in [0.717, 1.165) is 30.8 Å². The average molecular weight is 359 g/mol. The summed E-state index contributed by atoms with van der Waals surface area (Å²) in [7, 11) is 0. The maximum absolute atomic E-state index is 5.91. The molecule has 1 aromatic heterocycles. The van der Waals surface area contributed by atoms with Gasteiger partial charge < -0.3 is 11.1 Å². The molecule has 27 heavy (non-hydrogen) atoms. The molecule has 0 amide bonds. The van der Waals surface area contributed by atoms with E-state index in [1.165, 1.54) is 29.5 Å². The Morgan fingerprint density at radius 3 is 2.59 bits per heavy atom. The number of nitrogens with zero attached hydrogens (tertiary/aromatic N) is 3. The molecule has 0 saturated carbocycles. The van der Waals surface area contributed by atoms with Crippen LogP contribution in [0.2, 0.25) is 0 Å². The van der Waals surface area contributed by atoms with Gasteiger partial charge in [0.2, 0.25) is 11.9 Å². The van der Waals surface area contributed by atoms with Crippen molar-refractivity contribution in [3.63, 3.8) is 0 Å². The Morgan fingerprint density at radius 1 is 1.00 bits per heavy atom. The molecule has 1 aliphatic carbocycles. The first-order valence-corrected chi connectivity index (χ1v) is 9.56. The van der Waals surface area contributed by atoms with E-state index in [9.17, 15) is 0 Å². The number of nitrogens with one attached hydrogen (secondary N) is 1. The topological polar surface area (TPSA) is 76.7 Å². The number of nitrogen functional groups attached to an aromatic ring is 1. The van der Waals surface area contributed by atoms with E-state index in [1.807, 2.05) is 12.1 Å².